The molecule has 0 radical (unpaired) electrons. The molecule has 2 saturated heterocycles. The number of H-pyrrole nitrogens is 5. The molecule has 6 aromatic heterocycles. The highest BCUT2D eigenvalue weighted by atomic mass is 32.2. The van der Waals surface area contributed by atoms with E-state index in [2.05, 4.69) is 99.5 Å². The predicted molar refractivity (Wildman–Crippen MR) is 447 cm³/mol. The van der Waals surface area contributed by atoms with Gasteiger partial charge in [-0.25, -0.2) is 0 Å². The first-order valence-corrected chi connectivity index (χ1v) is 39.8. The van der Waals surface area contributed by atoms with Crippen LogP contribution in [0.5, 0.6) is 0 Å². The summed E-state index contributed by atoms with van der Waals surface area (Å²) < 4.78 is 22.4. The summed E-state index contributed by atoms with van der Waals surface area (Å²) in [6.07, 6.45) is 33.8. The van der Waals surface area contributed by atoms with Crippen LogP contribution in [-0.4, -0.2) is 156 Å². The Balaban J connectivity index is 0.000000124. The average molecular weight is 1570 g/mol. The lowest BCUT2D eigenvalue weighted by molar-refractivity contribution is -0.384. The number of benzene rings is 5. The van der Waals surface area contributed by atoms with E-state index in [-0.39, 0.29) is 44.2 Å². The summed E-state index contributed by atoms with van der Waals surface area (Å²) >= 11 is 3.09. The summed E-state index contributed by atoms with van der Waals surface area (Å²) in [5.41, 5.74) is 21.5. The Labute approximate surface area is 660 Å². The molecule has 11 aromatic rings. The van der Waals surface area contributed by atoms with E-state index in [1.165, 1.54) is 69.6 Å². The lowest BCUT2D eigenvalue weighted by Crippen LogP contribution is -2.35. The van der Waals surface area contributed by atoms with Crippen LogP contribution >= 0.6 is 23.1 Å². The molecule has 0 amide bonds. The molecule has 5 aliphatic carbocycles. The number of nitrogens with zero attached hydrogens (tertiary/aromatic N) is 6. The Morgan fingerprint density at radius 2 is 0.920 bits per heavy atom. The number of carbonyl (C=O) groups excluding carboxylic acids is 2. The van der Waals surface area contributed by atoms with Gasteiger partial charge in [-0.1, -0.05) is 30.4 Å². The molecule has 27 nitrogen and oxygen atoms in total. The van der Waals surface area contributed by atoms with E-state index < -0.39 is 15.6 Å². The standard InChI is InChI=1S/C16H19N3O2.C16H21N3.C16H16N2O4.C14H12N2O3.C8H6N2O2.C8H12O3.C6H7NS2/c1-18(2)12-5-3-11(4-6-12)15-10-17-16-8-7-13(19(20)21)9-14(15)16;1-19(2)13-6-3-11(4-7-13)15-10-18-16-8-5-12(17)9-14(15)16;19-18(20)12-1-2-15-13(9-12)14(10-17-15)11-3-5-16(6-4-11)21-7-8-22-16;17-11-4-1-9(2-5-11)13-8-15-14-6-3-10(16(18)19)7-12(13)14;11-10(12)7-1-2-8-6(5-7)3-4-9-8;9-7-1-3-8(4-2-7)10-5-6-11-8;1-8-6(7)5-3-2-4-9-5/h3,7-10,12,17H,4-6H2,1-2H3;3,5,8-10,13,18H,4,6-7,17H2,1-2H3;1-3,9-10,17H,4-8H2;1,3,6-8,15H,2,4-5H2;1-5,9H;1-6H2;2-4,7H,1H3. The Bertz CT molecular complexity index is 5400. The third-order valence-corrected chi connectivity index (χ3v) is 23.2. The van der Waals surface area contributed by atoms with Gasteiger partial charge in [0.2, 0.25) is 0 Å². The van der Waals surface area contributed by atoms with Crippen LogP contribution in [0.25, 0.3) is 76.8 Å². The van der Waals surface area contributed by atoms with Crippen molar-refractivity contribution in [2.24, 2.45) is 0 Å². The van der Waals surface area contributed by atoms with Gasteiger partial charge in [-0.2, -0.15) is 0 Å². The fourth-order valence-corrected chi connectivity index (χ4v) is 16.3. The number of rotatable bonds is 11. The fraction of sp³-hybridized carbons (Fsp3) is 0.345. The summed E-state index contributed by atoms with van der Waals surface area (Å²) in [6.45, 7) is 2.69. The average Bonchev–Trinajstić information content (AvgIpc) is 1.81. The van der Waals surface area contributed by atoms with Gasteiger partial charge in [-0.3, -0.25) is 55.5 Å². The lowest BCUT2D eigenvalue weighted by atomic mass is 9.89. The number of anilines is 1. The Kier molecular flexibility index (Phi) is 26.7. The molecular formula is C84H93N13O14S2. The molecule has 2 spiro atoms. The largest absolute Gasteiger partial charge is 0.399 e. The van der Waals surface area contributed by atoms with Crippen LogP contribution in [0.2, 0.25) is 0 Å². The monoisotopic (exact) mass is 1570 g/mol. The highest BCUT2D eigenvalue weighted by Crippen LogP contribution is 2.42. The van der Waals surface area contributed by atoms with Gasteiger partial charge >= 0.3 is 0 Å². The first-order valence-electron chi connectivity index (χ1n) is 37.7. The van der Waals surface area contributed by atoms with Crippen molar-refractivity contribution in [3.05, 3.63) is 237 Å². The second-order valence-corrected chi connectivity index (χ2v) is 30.8. The highest BCUT2D eigenvalue weighted by Gasteiger charge is 2.40. The SMILES string of the molecule is CN(C)C1CC=C(c2c[nH]c3ccc(N)cc23)CC1.CN(C)C1CC=C(c2c[nH]c3ccc([N+](=O)[O-])cc23)CC1.CSC(=N)c1cccs1.O=C1CC=C(c2c[nH]c3ccc([N+](=O)[O-])cc23)CC1.O=C1CCC2(CC1)OCCO2.O=[N+]([O-])c1ccc2[nH]cc(C3=CCC4(CC3)OCCO4)c2c1.O=[N+]([O-])c1ccc2[nH]ccc2c1. The van der Waals surface area contributed by atoms with E-state index in [4.69, 9.17) is 30.1 Å². The molecule has 2 atom stereocenters. The minimum atomic E-state index is -0.443. The molecule has 590 valence electrons. The van der Waals surface area contributed by atoms with Gasteiger partial charge in [0.25, 0.3) is 22.7 Å². The summed E-state index contributed by atoms with van der Waals surface area (Å²) in [7, 11) is 8.54. The summed E-state index contributed by atoms with van der Waals surface area (Å²) in [5.74, 6) is -0.223. The molecule has 2 unspecified atom stereocenters. The number of nitrogen functional groups attached to an aromatic ring is 1. The van der Waals surface area contributed by atoms with E-state index in [0.717, 1.165) is 141 Å². The maximum atomic E-state index is 11.2. The third-order valence-electron chi connectivity index (χ3n) is 21.5. The lowest BCUT2D eigenvalue weighted by Gasteiger charge is -2.30. The Morgan fingerprint density at radius 3 is 1.32 bits per heavy atom. The minimum Gasteiger partial charge on any atom is -0.399 e. The van der Waals surface area contributed by atoms with Gasteiger partial charge < -0.3 is 59.4 Å². The van der Waals surface area contributed by atoms with Crippen molar-refractivity contribution < 1.29 is 48.2 Å². The van der Waals surface area contributed by atoms with Gasteiger partial charge in [0, 0.05) is 225 Å². The van der Waals surface area contributed by atoms with Crippen molar-refractivity contribution in [3.8, 4) is 0 Å². The van der Waals surface area contributed by atoms with Gasteiger partial charge in [-0.15, -0.1) is 23.1 Å². The number of hydrogen-bond donors (Lipinski definition) is 7. The zero-order valence-corrected chi connectivity index (χ0v) is 65.4. The summed E-state index contributed by atoms with van der Waals surface area (Å²) in [5, 5.41) is 57.9. The normalized spacial score (nSPS) is 18.2. The van der Waals surface area contributed by atoms with Crippen molar-refractivity contribution in [1.82, 2.24) is 34.7 Å². The number of aromatic nitrogens is 5. The molecule has 5 aromatic carbocycles. The van der Waals surface area contributed by atoms with Crippen molar-refractivity contribution >= 4 is 145 Å². The molecule has 8 N–H and O–H groups in total. The molecule has 3 fully saturated rings. The van der Waals surface area contributed by atoms with Crippen molar-refractivity contribution in [2.75, 3.05) is 66.6 Å². The molecule has 2 aliphatic heterocycles. The predicted octanol–water partition coefficient (Wildman–Crippen LogP) is 18.8. The zero-order valence-electron chi connectivity index (χ0n) is 63.8. The Morgan fingerprint density at radius 1 is 0.496 bits per heavy atom. The van der Waals surface area contributed by atoms with Gasteiger partial charge in [0.15, 0.2) is 11.6 Å². The molecule has 113 heavy (non-hydrogen) atoms. The fourth-order valence-electron chi connectivity index (χ4n) is 15.1. The number of nitrogens with two attached hydrogens (primary N) is 1. The van der Waals surface area contributed by atoms with Crippen molar-refractivity contribution in [2.45, 2.75) is 126 Å². The number of nitrogens with one attached hydrogen (secondary N) is 6. The van der Waals surface area contributed by atoms with E-state index in [9.17, 15) is 50.0 Å². The van der Waals surface area contributed by atoms with Crippen LogP contribution in [0.4, 0.5) is 28.4 Å². The number of thioether (sulfide) groups is 1. The van der Waals surface area contributed by atoms with Gasteiger partial charge in [-0.05, 0) is 168 Å². The summed E-state index contributed by atoms with van der Waals surface area (Å²) in [6, 6.07) is 32.5. The molecule has 29 heteroatoms. The molecular weight excluding hydrogens is 1480 g/mol. The zero-order chi connectivity index (χ0) is 79.9. The number of ketones is 2. The number of aromatic amines is 5. The number of nitro groups is 4. The van der Waals surface area contributed by atoms with Crippen molar-refractivity contribution in [3.63, 3.8) is 0 Å². The van der Waals surface area contributed by atoms with Crippen LogP contribution < -0.4 is 5.73 Å². The number of fused-ring (bicyclic) bond motifs is 5. The molecule has 7 aliphatic rings. The Hall–Kier alpha value is -11.0. The first kappa shape index (κ1) is 81.5. The van der Waals surface area contributed by atoms with Crippen LogP contribution in [0, 0.1) is 45.9 Å². The number of non-ortho nitro benzene ring substituents is 4. The number of hydrogen-bond acceptors (Lipinski definition) is 20. The molecule has 0 bridgehead atoms. The number of ether oxygens (including phenoxy) is 4. The van der Waals surface area contributed by atoms with Crippen LogP contribution in [0.1, 0.15) is 130 Å². The quantitative estimate of drug-likeness (QED) is 0.0208. The second kappa shape index (κ2) is 37.1. The summed E-state index contributed by atoms with van der Waals surface area (Å²) in [4.78, 5) is 85.2. The van der Waals surface area contributed by atoms with E-state index in [1.54, 1.807) is 72.1 Å². The van der Waals surface area contributed by atoms with Gasteiger partial charge in [0.05, 0.1) is 51.0 Å². The van der Waals surface area contributed by atoms with Crippen LogP contribution in [0.3, 0.4) is 0 Å². The van der Waals surface area contributed by atoms with Gasteiger partial charge in [0.1, 0.15) is 16.6 Å². The maximum absolute atomic E-state index is 11.2. The van der Waals surface area contributed by atoms with E-state index >= 15 is 0 Å². The minimum absolute atomic E-state index is 0.0841. The molecule has 18 rings (SSSR count). The van der Waals surface area contributed by atoms with E-state index in [0.29, 0.717) is 81.4 Å². The molecule has 8 heterocycles. The number of allylic oxidation sites excluding steroid dienone is 5. The third kappa shape index (κ3) is 20.3. The topological polar surface area (TPSA) is 379 Å². The molecule has 1 saturated carbocycles. The number of Topliss-reactive ketones (excluding diaryl/α,β-unsaturated/α-hetero) is 2. The smallest absolute Gasteiger partial charge is 0.270 e. The number of nitro benzene ring substituents is 4. The van der Waals surface area contributed by atoms with Crippen LogP contribution in [0.15, 0.2) is 170 Å². The number of carbonyl (C=O) groups is 2. The van der Waals surface area contributed by atoms with Crippen LogP contribution in [-0.2, 0) is 28.5 Å². The highest BCUT2D eigenvalue weighted by molar-refractivity contribution is 8.14. The first-order chi connectivity index (χ1) is 54.4. The maximum Gasteiger partial charge on any atom is 0.270 e. The van der Waals surface area contributed by atoms with Crippen molar-refractivity contribution in [1.29, 1.82) is 5.41 Å². The second-order valence-electron chi connectivity index (χ2n) is 29.0. The van der Waals surface area contributed by atoms with E-state index in [1.807, 2.05) is 60.6 Å². The number of thiophene rings is 1.